The number of hydrogen-bond acceptors (Lipinski definition) is 4. The first-order chi connectivity index (χ1) is 13.2. The maximum absolute atomic E-state index is 5.74. The molecular weight excluding hydrogens is 342 g/mol. The second kappa shape index (κ2) is 12.6. The van der Waals surface area contributed by atoms with Crippen LogP contribution in [0.3, 0.4) is 0 Å². The second-order valence-electron chi connectivity index (χ2n) is 6.93. The molecule has 1 fully saturated rings. The quantitative estimate of drug-likeness (QED) is 0.325. The van der Waals surface area contributed by atoms with Crippen molar-refractivity contribution in [3.8, 4) is 5.75 Å². The van der Waals surface area contributed by atoms with Gasteiger partial charge < -0.3 is 24.4 Å². The number of rotatable bonds is 13. The smallest absolute Gasteiger partial charge is 0.193 e. The fourth-order valence-electron chi connectivity index (χ4n) is 2.57. The molecule has 1 saturated carbocycles. The molecule has 0 unspecified atom stereocenters. The van der Waals surface area contributed by atoms with Gasteiger partial charge in [-0.05, 0) is 49.8 Å². The minimum atomic E-state index is 0.617. The van der Waals surface area contributed by atoms with Crippen LogP contribution < -0.4 is 10.1 Å². The zero-order valence-electron chi connectivity index (χ0n) is 17.1. The summed E-state index contributed by atoms with van der Waals surface area (Å²) in [5, 5.41) is 3.34. The number of nitrogens with zero attached hydrogens (tertiary/aromatic N) is 2. The van der Waals surface area contributed by atoms with Crippen LogP contribution >= 0.6 is 0 Å². The minimum Gasteiger partial charge on any atom is -0.497 e. The van der Waals surface area contributed by atoms with Gasteiger partial charge in [0.25, 0.3) is 0 Å². The number of hydrogen-bond donors (Lipinski definition) is 1. The predicted octanol–water partition coefficient (Wildman–Crippen LogP) is 2.93. The van der Waals surface area contributed by atoms with E-state index in [0.717, 1.165) is 62.5 Å². The van der Waals surface area contributed by atoms with Crippen LogP contribution in [0.5, 0.6) is 5.75 Å². The third-order valence-corrected chi connectivity index (χ3v) is 4.45. The molecule has 1 N–H and O–H groups in total. The molecule has 0 spiro atoms. The molecule has 6 nitrogen and oxygen atoms in total. The predicted molar refractivity (Wildman–Crippen MR) is 109 cm³/mol. The monoisotopic (exact) mass is 377 g/mol. The van der Waals surface area contributed by atoms with E-state index in [1.807, 2.05) is 24.3 Å². The molecule has 2 rings (SSSR count). The SMILES string of the molecule is CCNC(=NCCCOCc1ccc(OC)cc1)N(C)CCOCC1CC1. The average Bonchev–Trinajstić information content (AvgIpc) is 3.51. The molecule has 1 aliphatic rings. The molecule has 0 bridgehead atoms. The van der Waals surface area contributed by atoms with Crippen LogP contribution in [0.2, 0.25) is 0 Å². The van der Waals surface area contributed by atoms with Crippen molar-refractivity contribution in [2.45, 2.75) is 32.8 Å². The van der Waals surface area contributed by atoms with Crippen LogP contribution in [0.15, 0.2) is 29.3 Å². The van der Waals surface area contributed by atoms with Crippen molar-refractivity contribution < 1.29 is 14.2 Å². The Kier molecular flexibility index (Phi) is 10.0. The number of guanidine groups is 1. The molecule has 1 aliphatic carbocycles. The van der Waals surface area contributed by atoms with Gasteiger partial charge in [0, 0.05) is 39.9 Å². The van der Waals surface area contributed by atoms with Crippen LogP contribution in [0.25, 0.3) is 0 Å². The second-order valence-corrected chi connectivity index (χ2v) is 6.93. The van der Waals surface area contributed by atoms with Gasteiger partial charge in [-0.2, -0.15) is 0 Å². The number of likely N-dealkylation sites (N-methyl/N-ethyl adjacent to an activating group) is 1. The lowest BCUT2D eigenvalue weighted by molar-refractivity contribution is 0.114. The van der Waals surface area contributed by atoms with Crippen LogP contribution in [-0.4, -0.2) is 64.5 Å². The molecule has 1 aromatic rings. The molecule has 1 aromatic carbocycles. The van der Waals surface area contributed by atoms with Crippen LogP contribution in [0.1, 0.15) is 31.7 Å². The molecule has 0 aliphatic heterocycles. The fraction of sp³-hybridized carbons (Fsp3) is 0.667. The van der Waals surface area contributed by atoms with Crippen molar-refractivity contribution in [1.82, 2.24) is 10.2 Å². The molecular formula is C21H35N3O3. The van der Waals surface area contributed by atoms with Gasteiger partial charge in [0.2, 0.25) is 0 Å². The highest BCUT2D eigenvalue weighted by Crippen LogP contribution is 2.28. The van der Waals surface area contributed by atoms with E-state index in [0.29, 0.717) is 13.2 Å². The van der Waals surface area contributed by atoms with Gasteiger partial charge in [-0.3, -0.25) is 4.99 Å². The third kappa shape index (κ3) is 9.11. The van der Waals surface area contributed by atoms with Crippen molar-refractivity contribution >= 4 is 5.96 Å². The van der Waals surface area contributed by atoms with E-state index in [4.69, 9.17) is 14.2 Å². The van der Waals surface area contributed by atoms with E-state index in [1.54, 1.807) is 7.11 Å². The molecule has 0 amide bonds. The van der Waals surface area contributed by atoms with Crippen LogP contribution in [-0.2, 0) is 16.1 Å². The van der Waals surface area contributed by atoms with Gasteiger partial charge in [0.05, 0.1) is 20.3 Å². The molecule has 152 valence electrons. The summed E-state index contributed by atoms with van der Waals surface area (Å²) in [6.07, 6.45) is 3.57. The van der Waals surface area contributed by atoms with Gasteiger partial charge in [-0.1, -0.05) is 12.1 Å². The highest BCUT2D eigenvalue weighted by atomic mass is 16.5. The summed E-state index contributed by atoms with van der Waals surface area (Å²) in [6, 6.07) is 7.97. The Morgan fingerprint density at radius 2 is 1.96 bits per heavy atom. The summed E-state index contributed by atoms with van der Waals surface area (Å²) in [4.78, 5) is 6.82. The number of aliphatic imine (C=N–C) groups is 1. The Labute approximate surface area is 163 Å². The zero-order valence-corrected chi connectivity index (χ0v) is 17.1. The first kappa shape index (κ1) is 21.5. The fourth-order valence-corrected chi connectivity index (χ4v) is 2.57. The minimum absolute atomic E-state index is 0.617. The van der Waals surface area contributed by atoms with Gasteiger partial charge in [0.15, 0.2) is 5.96 Å². The van der Waals surface area contributed by atoms with E-state index < -0.39 is 0 Å². The molecule has 0 atom stereocenters. The molecule has 0 radical (unpaired) electrons. The standard InChI is InChI=1S/C21H35N3O3/c1-4-22-21(24(2)13-15-27-17-18-6-7-18)23-12-5-14-26-16-19-8-10-20(25-3)11-9-19/h8-11,18H,4-7,12-17H2,1-3H3,(H,22,23). The summed E-state index contributed by atoms with van der Waals surface area (Å²) in [6.45, 7) is 7.53. The highest BCUT2D eigenvalue weighted by molar-refractivity contribution is 5.79. The highest BCUT2D eigenvalue weighted by Gasteiger charge is 2.21. The average molecular weight is 378 g/mol. The van der Waals surface area contributed by atoms with Crippen molar-refractivity contribution in [2.75, 3.05) is 53.6 Å². The van der Waals surface area contributed by atoms with Crippen LogP contribution in [0, 0.1) is 5.92 Å². The Balaban J connectivity index is 1.59. The first-order valence-corrected chi connectivity index (χ1v) is 10.0. The Morgan fingerprint density at radius 3 is 2.63 bits per heavy atom. The summed E-state index contributed by atoms with van der Waals surface area (Å²) in [7, 11) is 3.73. The maximum Gasteiger partial charge on any atom is 0.193 e. The van der Waals surface area contributed by atoms with Gasteiger partial charge in [-0.25, -0.2) is 0 Å². The summed E-state index contributed by atoms with van der Waals surface area (Å²) < 4.78 is 16.6. The Hall–Kier alpha value is -1.79. The molecule has 0 aromatic heterocycles. The summed E-state index contributed by atoms with van der Waals surface area (Å²) >= 11 is 0. The van der Waals surface area contributed by atoms with Crippen molar-refractivity contribution in [2.24, 2.45) is 10.9 Å². The van der Waals surface area contributed by atoms with Gasteiger partial charge >= 0.3 is 0 Å². The Morgan fingerprint density at radius 1 is 1.19 bits per heavy atom. The maximum atomic E-state index is 5.74. The topological polar surface area (TPSA) is 55.3 Å². The molecule has 0 saturated heterocycles. The van der Waals surface area contributed by atoms with Gasteiger partial charge in [0.1, 0.15) is 5.75 Å². The van der Waals surface area contributed by atoms with E-state index >= 15 is 0 Å². The molecule has 27 heavy (non-hydrogen) atoms. The largest absolute Gasteiger partial charge is 0.497 e. The zero-order chi connectivity index (χ0) is 19.3. The van der Waals surface area contributed by atoms with E-state index in [9.17, 15) is 0 Å². The van der Waals surface area contributed by atoms with E-state index in [1.165, 1.54) is 12.8 Å². The molecule has 6 heteroatoms. The van der Waals surface area contributed by atoms with E-state index in [-0.39, 0.29) is 0 Å². The normalized spacial score (nSPS) is 14.3. The molecule has 0 heterocycles. The Bertz CT molecular complexity index is 544. The van der Waals surface area contributed by atoms with Crippen molar-refractivity contribution in [3.63, 3.8) is 0 Å². The lowest BCUT2D eigenvalue weighted by Crippen LogP contribution is -2.40. The van der Waals surface area contributed by atoms with E-state index in [2.05, 4.69) is 29.2 Å². The number of nitrogens with one attached hydrogen (secondary N) is 1. The van der Waals surface area contributed by atoms with Crippen molar-refractivity contribution in [1.29, 1.82) is 0 Å². The number of methoxy groups -OCH3 is 1. The van der Waals surface area contributed by atoms with Crippen molar-refractivity contribution in [3.05, 3.63) is 29.8 Å². The van der Waals surface area contributed by atoms with Crippen LogP contribution in [0.4, 0.5) is 0 Å². The number of benzene rings is 1. The lowest BCUT2D eigenvalue weighted by Gasteiger charge is -2.22. The number of ether oxygens (including phenoxy) is 3. The lowest BCUT2D eigenvalue weighted by atomic mass is 10.2. The van der Waals surface area contributed by atoms with Gasteiger partial charge in [-0.15, -0.1) is 0 Å². The summed E-state index contributed by atoms with van der Waals surface area (Å²) in [5.41, 5.74) is 1.15. The third-order valence-electron chi connectivity index (χ3n) is 4.45. The summed E-state index contributed by atoms with van der Waals surface area (Å²) in [5.74, 6) is 2.61. The first-order valence-electron chi connectivity index (χ1n) is 10.0.